The molecule has 2 aromatic rings. The van der Waals surface area contributed by atoms with Gasteiger partial charge in [0.2, 0.25) is 0 Å². The standard InChI is InChI=1S/C12H10N4OS/c1-2-18-12-15-10(8-4-3-5-14-7-8)9(6-13)11(17)16-12/h3-5,7H,2H2,1H3,(H,15,16,17). The van der Waals surface area contributed by atoms with E-state index in [1.165, 1.54) is 11.8 Å². The summed E-state index contributed by atoms with van der Waals surface area (Å²) in [4.78, 5) is 22.7. The van der Waals surface area contributed by atoms with Crippen molar-refractivity contribution < 1.29 is 0 Å². The van der Waals surface area contributed by atoms with Gasteiger partial charge < -0.3 is 4.98 Å². The van der Waals surface area contributed by atoms with Crippen molar-refractivity contribution in [1.29, 1.82) is 5.26 Å². The highest BCUT2D eigenvalue weighted by Gasteiger charge is 2.13. The molecule has 0 saturated carbocycles. The minimum absolute atomic E-state index is 0.0171. The Balaban J connectivity index is 2.65. The molecule has 0 fully saturated rings. The third-order valence-corrected chi connectivity index (χ3v) is 2.98. The van der Waals surface area contributed by atoms with Gasteiger partial charge in [-0.3, -0.25) is 9.78 Å². The molecule has 2 aromatic heterocycles. The molecule has 90 valence electrons. The lowest BCUT2D eigenvalue weighted by Gasteiger charge is -2.04. The van der Waals surface area contributed by atoms with Gasteiger partial charge in [0.15, 0.2) is 5.16 Å². The Morgan fingerprint density at radius 2 is 2.39 bits per heavy atom. The van der Waals surface area contributed by atoms with Gasteiger partial charge >= 0.3 is 0 Å². The normalized spacial score (nSPS) is 10.0. The molecule has 0 spiro atoms. The van der Waals surface area contributed by atoms with Crippen molar-refractivity contribution in [3.05, 3.63) is 40.4 Å². The number of nitriles is 1. The van der Waals surface area contributed by atoms with E-state index in [0.717, 1.165) is 5.75 Å². The average molecular weight is 258 g/mol. The smallest absolute Gasteiger partial charge is 0.270 e. The third kappa shape index (κ3) is 2.41. The minimum Gasteiger partial charge on any atom is -0.300 e. The summed E-state index contributed by atoms with van der Waals surface area (Å²) in [5, 5.41) is 9.56. The van der Waals surface area contributed by atoms with Crippen LogP contribution in [0.2, 0.25) is 0 Å². The lowest BCUT2D eigenvalue weighted by molar-refractivity contribution is 0.934. The Hall–Kier alpha value is -2.13. The van der Waals surface area contributed by atoms with Crippen molar-refractivity contribution in [3.8, 4) is 17.3 Å². The first-order valence-corrected chi connectivity index (χ1v) is 6.32. The topological polar surface area (TPSA) is 82.4 Å². The van der Waals surface area contributed by atoms with Gasteiger partial charge in [-0.05, 0) is 17.9 Å². The zero-order chi connectivity index (χ0) is 13.0. The van der Waals surface area contributed by atoms with Crippen molar-refractivity contribution in [3.63, 3.8) is 0 Å². The van der Waals surface area contributed by atoms with Crippen molar-refractivity contribution in [2.75, 3.05) is 5.75 Å². The molecule has 0 atom stereocenters. The number of aromatic nitrogens is 3. The predicted octanol–water partition coefficient (Wildman–Crippen LogP) is 1.82. The van der Waals surface area contributed by atoms with Crippen LogP contribution in [0.15, 0.2) is 34.5 Å². The van der Waals surface area contributed by atoms with E-state index < -0.39 is 5.56 Å². The fraction of sp³-hybridized carbons (Fsp3) is 0.167. The molecular formula is C12H10N4OS. The van der Waals surface area contributed by atoms with E-state index in [2.05, 4.69) is 15.0 Å². The quantitative estimate of drug-likeness (QED) is 0.670. The summed E-state index contributed by atoms with van der Waals surface area (Å²) in [6, 6.07) is 5.40. The molecule has 2 heterocycles. The summed E-state index contributed by atoms with van der Waals surface area (Å²) in [6.07, 6.45) is 3.22. The Bertz CT molecular complexity index is 645. The van der Waals surface area contributed by atoms with Crippen LogP contribution in [0, 0.1) is 11.3 Å². The number of pyridine rings is 1. The number of H-pyrrole nitrogens is 1. The van der Waals surface area contributed by atoms with Gasteiger partial charge in [0, 0.05) is 18.0 Å². The molecule has 0 amide bonds. The van der Waals surface area contributed by atoms with E-state index in [1.54, 1.807) is 24.5 Å². The molecule has 0 radical (unpaired) electrons. The maximum absolute atomic E-state index is 11.8. The number of nitrogens with one attached hydrogen (secondary N) is 1. The van der Waals surface area contributed by atoms with E-state index in [1.807, 2.05) is 13.0 Å². The molecule has 0 aliphatic rings. The van der Waals surface area contributed by atoms with E-state index in [-0.39, 0.29) is 5.56 Å². The zero-order valence-electron chi connectivity index (χ0n) is 9.67. The van der Waals surface area contributed by atoms with E-state index >= 15 is 0 Å². The van der Waals surface area contributed by atoms with Crippen LogP contribution in [0.25, 0.3) is 11.3 Å². The van der Waals surface area contributed by atoms with Crippen LogP contribution in [0.4, 0.5) is 0 Å². The second-order valence-electron chi connectivity index (χ2n) is 3.38. The second kappa shape index (κ2) is 5.47. The second-order valence-corrected chi connectivity index (χ2v) is 4.63. The Labute approximate surface area is 108 Å². The van der Waals surface area contributed by atoms with Crippen LogP contribution in [0.3, 0.4) is 0 Å². The summed E-state index contributed by atoms with van der Waals surface area (Å²) in [6.45, 7) is 1.96. The van der Waals surface area contributed by atoms with Crippen molar-refractivity contribution in [2.45, 2.75) is 12.1 Å². The van der Waals surface area contributed by atoms with Crippen molar-refractivity contribution in [2.24, 2.45) is 0 Å². The number of thioether (sulfide) groups is 1. The van der Waals surface area contributed by atoms with E-state index in [0.29, 0.717) is 16.4 Å². The van der Waals surface area contributed by atoms with Gasteiger partial charge in [-0.1, -0.05) is 18.7 Å². The fourth-order valence-electron chi connectivity index (χ4n) is 1.47. The molecular weight excluding hydrogens is 248 g/mol. The number of hydrogen-bond acceptors (Lipinski definition) is 5. The number of aromatic amines is 1. The number of hydrogen-bond donors (Lipinski definition) is 1. The Kier molecular flexibility index (Phi) is 3.75. The van der Waals surface area contributed by atoms with Crippen molar-refractivity contribution in [1.82, 2.24) is 15.0 Å². The first-order valence-electron chi connectivity index (χ1n) is 5.34. The van der Waals surface area contributed by atoms with Gasteiger partial charge in [-0.15, -0.1) is 0 Å². The lowest BCUT2D eigenvalue weighted by atomic mass is 10.1. The largest absolute Gasteiger partial charge is 0.300 e. The minimum atomic E-state index is -0.415. The van der Waals surface area contributed by atoms with E-state index in [4.69, 9.17) is 5.26 Å². The van der Waals surface area contributed by atoms with E-state index in [9.17, 15) is 4.79 Å². The van der Waals surface area contributed by atoms with Gasteiger partial charge in [0.05, 0.1) is 5.69 Å². The van der Waals surface area contributed by atoms with Gasteiger partial charge in [-0.25, -0.2) is 4.98 Å². The highest BCUT2D eigenvalue weighted by atomic mass is 32.2. The maximum atomic E-state index is 11.8. The summed E-state index contributed by atoms with van der Waals surface area (Å²) in [7, 11) is 0. The molecule has 18 heavy (non-hydrogen) atoms. The monoisotopic (exact) mass is 258 g/mol. The van der Waals surface area contributed by atoms with Crippen LogP contribution in [0.5, 0.6) is 0 Å². The van der Waals surface area contributed by atoms with Crippen LogP contribution < -0.4 is 5.56 Å². The predicted molar refractivity (Wildman–Crippen MR) is 69.2 cm³/mol. The summed E-state index contributed by atoms with van der Waals surface area (Å²) in [5.74, 6) is 0.793. The molecule has 0 aromatic carbocycles. The van der Waals surface area contributed by atoms with Crippen LogP contribution in [0.1, 0.15) is 12.5 Å². The molecule has 6 heteroatoms. The summed E-state index contributed by atoms with van der Waals surface area (Å²) < 4.78 is 0. The maximum Gasteiger partial charge on any atom is 0.270 e. The molecule has 5 nitrogen and oxygen atoms in total. The fourth-order valence-corrected chi connectivity index (χ4v) is 2.07. The number of rotatable bonds is 3. The molecule has 1 N–H and O–H groups in total. The molecule has 2 rings (SSSR count). The number of nitrogens with zero attached hydrogens (tertiary/aromatic N) is 3. The SMILES string of the molecule is CCSc1nc(-c2cccnc2)c(C#N)c(=O)[nH]1. The Morgan fingerprint density at radius 3 is 3.00 bits per heavy atom. The van der Waals surface area contributed by atoms with Crippen LogP contribution >= 0.6 is 11.8 Å². The van der Waals surface area contributed by atoms with Gasteiger partial charge in [0.1, 0.15) is 11.6 Å². The molecule has 0 aliphatic carbocycles. The van der Waals surface area contributed by atoms with Gasteiger partial charge in [0.25, 0.3) is 5.56 Å². The molecule has 0 bridgehead atoms. The summed E-state index contributed by atoms with van der Waals surface area (Å²) >= 11 is 1.42. The first kappa shape index (κ1) is 12.3. The van der Waals surface area contributed by atoms with Gasteiger partial charge in [-0.2, -0.15) is 5.26 Å². The lowest BCUT2D eigenvalue weighted by Crippen LogP contribution is -2.14. The molecule has 0 saturated heterocycles. The Morgan fingerprint density at radius 1 is 1.56 bits per heavy atom. The molecule has 0 aliphatic heterocycles. The molecule has 0 unspecified atom stereocenters. The van der Waals surface area contributed by atoms with Crippen LogP contribution in [-0.4, -0.2) is 20.7 Å². The highest BCUT2D eigenvalue weighted by Crippen LogP contribution is 2.20. The summed E-state index contributed by atoms with van der Waals surface area (Å²) in [5.41, 5.74) is 0.647. The van der Waals surface area contributed by atoms with Crippen LogP contribution in [-0.2, 0) is 0 Å². The highest BCUT2D eigenvalue weighted by molar-refractivity contribution is 7.99. The zero-order valence-corrected chi connectivity index (χ0v) is 10.5. The average Bonchev–Trinajstić information content (AvgIpc) is 2.39. The first-order chi connectivity index (χ1) is 8.76. The van der Waals surface area contributed by atoms with Crippen molar-refractivity contribution >= 4 is 11.8 Å². The third-order valence-electron chi connectivity index (χ3n) is 2.23.